The van der Waals surface area contributed by atoms with E-state index in [1.165, 1.54) is 0 Å². The Bertz CT molecular complexity index is 569. The molecule has 0 spiro atoms. The number of ketones is 1. The van der Waals surface area contributed by atoms with Gasteiger partial charge in [0.2, 0.25) is 0 Å². The number of rotatable bonds is 7. The number of amides is 1. The first-order chi connectivity index (χ1) is 10.4. The van der Waals surface area contributed by atoms with Crippen molar-refractivity contribution in [3.8, 4) is 0 Å². The second-order valence-electron chi connectivity index (χ2n) is 5.74. The van der Waals surface area contributed by atoms with Gasteiger partial charge < -0.3 is 15.2 Å². The van der Waals surface area contributed by atoms with Crippen molar-refractivity contribution in [2.24, 2.45) is 5.92 Å². The largest absolute Gasteiger partial charge is 0.479 e. The van der Waals surface area contributed by atoms with Gasteiger partial charge in [0.1, 0.15) is 0 Å². The normalized spacial score (nSPS) is 21.2. The molecule has 0 radical (unpaired) electrons. The summed E-state index contributed by atoms with van der Waals surface area (Å²) in [6.45, 7) is 3.90. The quantitative estimate of drug-likeness (QED) is 0.584. The van der Waals surface area contributed by atoms with Crippen molar-refractivity contribution < 1.29 is 24.2 Å². The van der Waals surface area contributed by atoms with E-state index in [1.807, 2.05) is 19.9 Å². The Balaban J connectivity index is 2.05. The summed E-state index contributed by atoms with van der Waals surface area (Å²) in [5.74, 6) is -1.71. The summed E-state index contributed by atoms with van der Waals surface area (Å²) in [6, 6.07) is 8.01. The molecule has 1 unspecified atom stereocenters. The van der Waals surface area contributed by atoms with E-state index in [9.17, 15) is 14.4 Å². The van der Waals surface area contributed by atoms with Crippen LogP contribution in [0.5, 0.6) is 0 Å². The molecule has 1 aromatic rings. The Kier molecular flexibility index (Phi) is 4.92. The predicted octanol–water partition coefficient (Wildman–Crippen LogP) is 1.25. The summed E-state index contributed by atoms with van der Waals surface area (Å²) in [7, 11) is 0. The molecule has 1 aromatic carbocycles. The van der Waals surface area contributed by atoms with Crippen molar-refractivity contribution in [2.45, 2.75) is 38.5 Å². The summed E-state index contributed by atoms with van der Waals surface area (Å²) in [6.07, 6.45) is -1.63. The van der Waals surface area contributed by atoms with Crippen LogP contribution >= 0.6 is 0 Å². The van der Waals surface area contributed by atoms with Gasteiger partial charge in [-0.1, -0.05) is 44.2 Å². The molecule has 2 rings (SSSR count). The highest BCUT2D eigenvalue weighted by molar-refractivity contribution is 6.03. The maximum atomic E-state index is 12.5. The first kappa shape index (κ1) is 16.2. The highest BCUT2D eigenvalue weighted by Crippen LogP contribution is 2.23. The topological polar surface area (TPSA) is 96.0 Å². The third kappa shape index (κ3) is 3.92. The molecule has 1 aliphatic heterocycles. The van der Waals surface area contributed by atoms with E-state index in [-0.39, 0.29) is 11.7 Å². The van der Waals surface area contributed by atoms with Crippen molar-refractivity contribution >= 4 is 17.7 Å². The summed E-state index contributed by atoms with van der Waals surface area (Å²) >= 11 is 0. The maximum Gasteiger partial charge on any atom is 0.336 e. The Morgan fingerprint density at radius 1 is 1.18 bits per heavy atom. The summed E-state index contributed by atoms with van der Waals surface area (Å²) in [5.41, 5.74) is 0.514. The molecule has 1 fully saturated rings. The van der Waals surface area contributed by atoms with Crippen molar-refractivity contribution in [1.29, 1.82) is 0 Å². The number of carboxylic acids is 1. The standard InChI is InChI=1S/C16H19NO5/c1-9(2)8-11(12(18)10-6-4-3-5-7-10)17-15(19)13-14(22-13)16(20)21/h3-7,9,11,13-14H,8H2,1-2H3,(H,17,19)(H,20,21)/t11?,13-,14-/m0/s1. The Hall–Kier alpha value is -2.21. The van der Waals surface area contributed by atoms with Gasteiger partial charge in [-0.15, -0.1) is 0 Å². The van der Waals surface area contributed by atoms with Gasteiger partial charge in [0, 0.05) is 5.56 Å². The van der Waals surface area contributed by atoms with Crippen LogP contribution in [-0.4, -0.2) is 41.0 Å². The fourth-order valence-electron chi connectivity index (χ4n) is 2.26. The van der Waals surface area contributed by atoms with Crippen LogP contribution in [0.25, 0.3) is 0 Å². The molecule has 0 aromatic heterocycles. The van der Waals surface area contributed by atoms with Gasteiger partial charge in [-0.25, -0.2) is 4.79 Å². The van der Waals surface area contributed by atoms with Crippen LogP contribution in [0.1, 0.15) is 30.6 Å². The monoisotopic (exact) mass is 305 g/mol. The number of hydrogen-bond acceptors (Lipinski definition) is 4. The van der Waals surface area contributed by atoms with Crippen molar-refractivity contribution in [2.75, 3.05) is 0 Å². The minimum Gasteiger partial charge on any atom is -0.479 e. The van der Waals surface area contributed by atoms with Gasteiger partial charge in [-0.3, -0.25) is 9.59 Å². The number of nitrogens with one attached hydrogen (secondary N) is 1. The highest BCUT2D eigenvalue weighted by Gasteiger charge is 2.51. The first-order valence-corrected chi connectivity index (χ1v) is 7.18. The third-order valence-corrected chi connectivity index (χ3v) is 3.39. The van der Waals surface area contributed by atoms with E-state index in [4.69, 9.17) is 9.84 Å². The lowest BCUT2D eigenvalue weighted by Crippen LogP contribution is -2.44. The number of carbonyl (C=O) groups excluding carboxylic acids is 2. The molecule has 0 bridgehead atoms. The average Bonchev–Trinajstić information content (AvgIpc) is 3.27. The van der Waals surface area contributed by atoms with Crippen LogP contribution in [0.3, 0.4) is 0 Å². The number of ether oxygens (including phenoxy) is 1. The van der Waals surface area contributed by atoms with E-state index in [0.717, 1.165) is 0 Å². The lowest BCUT2D eigenvalue weighted by atomic mass is 9.96. The number of benzene rings is 1. The minimum atomic E-state index is -1.17. The molecule has 6 heteroatoms. The van der Waals surface area contributed by atoms with E-state index in [1.54, 1.807) is 24.3 Å². The van der Waals surface area contributed by atoms with Gasteiger partial charge in [0.05, 0.1) is 6.04 Å². The van der Waals surface area contributed by atoms with Crippen LogP contribution in [0.4, 0.5) is 0 Å². The molecule has 118 valence electrons. The molecule has 2 N–H and O–H groups in total. The van der Waals surface area contributed by atoms with Crippen LogP contribution in [0.2, 0.25) is 0 Å². The van der Waals surface area contributed by atoms with Crippen LogP contribution < -0.4 is 5.32 Å². The Labute approximate surface area is 128 Å². The van der Waals surface area contributed by atoms with E-state index < -0.39 is 30.1 Å². The van der Waals surface area contributed by atoms with E-state index >= 15 is 0 Å². The molecule has 1 aliphatic rings. The first-order valence-electron chi connectivity index (χ1n) is 7.18. The number of hydrogen-bond donors (Lipinski definition) is 2. The molecule has 6 nitrogen and oxygen atoms in total. The minimum absolute atomic E-state index is 0.185. The second-order valence-corrected chi connectivity index (χ2v) is 5.74. The SMILES string of the molecule is CC(C)CC(NC(=O)[C@H]1O[C@@H]1C(=O)O)C(=O)c1ccccc1. The van der Waals surface area contributed by atoms with Crippen LogP contribution in [0.15, 0.2) is 30.3 Å². The number of epoxide rings is 1. The zero-order valence-electron chi connectivity index (χ0n) is 12.5. The maximum absolute atomic E-state index is 12.5. The van der Waals surface area contributed by atoms with E-state index in [0.29, 0.717) is 12.0 Å². The number of Topliss-reactive ketones (excluding diaryl/α,β-unsaturated/α-hetero) is 1. The molecule has 0 aliphatic carbocycles. The van der Waals surface area contributed by atoms with E-state index in [2.05, 4.69) is 5.32 Å². The third-order valence-electron chi connectivity index (χ3n) is 3.39. The fraction of sp³-hybridized carbons (Fsp3) is 0.438. The van der Waals surface area contributed by atoms with Gasteiger partial charge in [-0.2, -0.15) is 0 Å². The van der Waals surface area contributed by atoms with Crippen molar-refractivity contribution in [3.63, 3.8) is 0 Å². The lowest BCUT2D eigenvalue weighted by Gasteiger charge is -2.19. The van der Waals surface area contributed by atoms with Crippen LogP contribution in [-0.2, 0) is 14.3 Å². The van der Waals surface area contributed by atoms with Crippen LogP contribution in [0, 0.1) is 5.92 Å². The van der Waals surface area contributed by atoms with Gasteiger partial charge >= 0.3 is 5.97 Å². The van der Waals surface area contributed by atoms with Gasteiger partial charge in [0.15, 0.2) is 18.0 Å². The Morgan fingerprint density at radius 2 is 1.82 bits per heavy atom. The second kappa shape index (κ2) is 6.70. The average molecular weight is 305 g/mol. The number of carbonyl (C=O) groups is 3. The summed E-state index contributed by atoms with van der Waals surface area (Å²) in [4.78, 5) is 35.2. The zero-order chi connectivity index (χ0) is 16.3. The van der Waals surface area contributed by atoms with Crippen molar-refractivity contribution in [1.82, 2.24) is 5.32 Å². The molecule has 22 heavy (non-hydrogen) atoms. The highest BCUT2D eigenvalue weighted by atomic mass is 16.6. The zero-order valence-corrected chi connectivity index (χ0v) is 12.5. The smallest absolute Gasteiger partial charge is 0.336 e. The molecular weight excluding hydrogens is 286 g/mol. The number of aliphatic carboxylic acids is 1. The molecule has 0 saturated carbocycles. The molecule has 1 amide bonds. The Morgan fingerprint density at radius 3 is 2.32 bits per heavy atom. The lowest BCUT2D eigenvalue weighted by molar-refractivity contribution is -0.138. The molecule has 1 saturated heterocycles. The fourth-order valence-corrected chi connectivity index (χ4v) is 2.26. The van der Waals surface area contributed by atoms with Gasteiger partial charge in [0.25, 0.3) is 5.91 Å². The van der Waals surface area contributed by atoms with Crippen molar-refractivity contribution in [3.05, 3.63) is 35.9 Å². The number of carboxylic acid groups (broad SMARTS) is 1. The molecule has 3 atom stereocenters. The molecular formula is C16H19NO5. The molecule has 1 heterocycles. The predicted molar refractivity (Wildman–Crippen MR) is 78.5 cm³/mol. The summed E-state index contributed by atoms with van der Waals surface area (Å²) < 4.78 is 4.81. The summed E-state index contributed by atoms with van der Waals surface area (Å²) in [5, 5.41) is 11.4. The van der Waals surface area contributed by atoms with Gasteiger partial charge in [-0.05, 0) is 12.3 Å².